The highest BCUT2D eigenvalue weighted by molar-refractivity contribution is 7.98. The minimum Gasteiger partial charge on any atom is -0.383 e. The third-order valence-electron chi connectivity index (χ3n) is 2.57. The van der Waals surface area contributed by atoms with Crippen LogP contribution in [0, 0.1) is 5.92 Å². The molecule has 0 amide bonds. The number of ether oxygens (including phenoxy) is 1. The van der Waals surface area contributed by atoms with Crippen LogP contribution in [0.15, 0.2) is 29.2 Å². The normalized spacial score (nSPS) is 12.8. The molecule has 0 aliphatic rings. The van der Waals surface area contributed by atoms with E-state index in [1.165, 1.54) is 10.6 Å². The molecule has 0 saturated heterocycles. The van der Waals surface area contributed by atoms with Gasteiger partial charge < -0.3 is 10.1 Å². The lowest BCUT2D eigenvalue weighted by atomic mass is 10.1. The molecule has 1 aromatic rings. The van der Waals surface area contributed by atoms with Gasteiger partial charge in [-0.1, -0.05) is 19.9 Å². The zero-order chi connectivity index (χ0) is 12.0. The van der Waals surface area contributed by atoms with Crippen molar-refractivity contribution in [3.63, 3.8) is 0 Å². The molecule has 2 nitrogen and oxygen atoms in total. The van der Waals surface area contributed by atoms with Gasteiger partial charge in [0.15, 0.2) is 0 Å². The van der Waals surface area contributed by atoms with Crippen LogP contribution in [0.4, 0.5) is 5.69 Å². The number of anilines is 1. The van der Waals surface area contributed by atoms with E-state index in [0.29, 0.717) is 12.0 Å². The summed E-state index contributed by atoms with van der Waals surface area (Å²) in [6, 6.07) is 8.84. The molecule has 0 heterocycles. The Hall–Kier alpha value is -0.670. The molecule has 1 N–H and O–H groups in total. The highest BCUT2D eigenvalue weighted by Gasteiger charge is 2.12. The number of hydrogen-bond donors (Lipinski definition) is 1. The lowest BCUT2D eigenvalue weighted by molar-refractivity contribution is 0.171. The SMILES string of the molecule is COCC(Nc1cccc(SC)c1)C(C)C. The fourth-order valence-electron chi connectivity index (χ4n) is 1.51. The predicted molar refractivity (Wildman–Crippen MR) is 72.3 cm³/mol. The second-order valence-electron chi connectivity index (χ2n) is 4.18. The van der Waals surface area contributed by atoms with Crippen molar-refractivity contribution in [3.05, 3.63) is 24.3 Å². The highest BCUT2D eigenvalue weighted by Crippen LogP contribution is 2.20. The Labute approximate surface area is 103 Å². The molecule has 0 aliphatic carbocycles. The van der Waals surface area contributed by atoms with Crippen molar-refractivity contribution in [1.29, 1.82) is 0 Å². The minimum absolute atomic E-state index is 0.363. The molecule has 0 saturated carbocycles. The van der Waals surface area contributed by atoms with Gasteiger partial charge in [-0.25, -0.2) is 0 Å². The topological polar surface area (TPSA) is 21.3 Å². The van der Waals surface area contributed by atoms with E-state index in [1.807, 2.05) is 0 Å². The molecule has 0 aromatic heterocycles. The van der Waals surface area contributed by atoms with Gasteiger partial charge in [-0.3, -0.25) is 0 Å². The molecule has 1 aromatic carbocycles. The maximum absolute atomic E-state index is 5.23. The van der Waals surface area contributed by atoms with E-state index in [-0.39, 0.29) is 0 Å². The van der Waals surface area contributed by atoms with Crippen LogP contribution in [0.1, 0.15) is 13.8 Å². The molecule has 0 bridgehead atoms. The summed E-state index contributed by atoms with van der Waals surface area (Å²) in [7, 11) is 1.75. The first kappa shape index (κ1) is 13.4. The molecule has 0 spiro atoms. The van der Waals surface area contributed by atoms with Crippen LogP contribution >= 0.6 is 11.8 Å². The van der Waals surface area contributed by atoms with Crippen molar-refractivity contribution in [2.45, 2.75) is 24.8 Å². The quantitative estimate of drug-likeness (QED) is 0.768. The van der Waals surface area contributed by atoms with Crippen LogP contribution in [0.2, 0.25) is 0 Å². The smallest absolute Gasteiger partial charge is 0.0666 e. The zero-order valence-corrected chi connectivity index (χ0v) is 11.3. The Morgan fingerprint density at radius 2 is 2.12 bits per heavy atom. The lowest BCUT2D eigenvalue weighted by Gasteiger charge is -2.22. The number of nitrogens with one attached hydrogen (secondary N) is 1. The Balaban J connectivity index is 2.68. The van der Waals surface area contributed by atoms with Gasteiger partial charge >= 0.3 is 0 Å². The molecule has 1 unspecified atom stereocenters. The summed E-state index contributed by atoms with van der Waals surface area (Å²) in [5.74, 6) is 0.554. The number of methoxy groups -OCH3 is 1. The first-order chi connectivity index (χ1) is 7.67. The third-order valence-corrected chi connectivity index (χ3v) is 3.30. The summed E-state index contributed by atoms with van der Waals surface area (Å²) in [4.78, 5) is 1.28. The number of hydrogen-bond acceptors (Lipinski definition) is 3. The average molecular weight is 239 g/mol. The number of benzene rings is 1. The Kier molecular flexibility index (Phi) is 5.71. The van der Waals surface area contributed by atoms with Crippen LogP contribution in [0.3, 0.4) is 0 Å². The van der Waals surface area contributed by atoms with Crippen molar-refractivity contribution < 1.29 is 4.74 Å². The Morgan fingerprint density at radius 1 is 1.38 bits per heavy atom. The van der Waals surface area contributed by atoms with Crippen molar-refractivity contribution >= 4 is 17.4 Å². The van der Waals surface area contributed by atoms with E-state index in [9.17, 15) is 0 Å². The first-order valence-electron chi connectivity index (χ1n) is 5.57. The zero-order valence-electron chi connectivity index (χ0n) is 10.5. The molecule has 1 atom stereocenters. The molecular weight excluding hydrogens is 218 g/mol. The summed E-state index contributed by atoms with van der Waals surface area (Å²) < 4.78 is 5.23. The van der Waals surface area contributed by atoms with Gasteiger partial charge in [0.25, 0.3) is 0 Å². The van der Waals surface area contributed by atoms with Gasteiger partial charge in [0.2, 0.25) is 0 Å². The van der Waals surface area contributed by atoms with Gasteiger partial charge in [0, 0.05) is 17.7 Å². The molecule has 3 heteroatoms. The van der Waals surface area contributed by atoms with Crippen molar-refractivity contribution in [2.75, 3.05) is 25.3 Å². The fraction of sp³-hybridized carbons (Fsp3) is 0.538. The summed E-state index contributed by atoms with van der Waals surface area (Å²) in [6.07, 6.45) is 2.09. The summed E-state index contributed by atoms with van der Waals surface area (Å²) in [5.41, 5.74) is 1.17. The maximum Gasteiger partial charge on any atom is 0.0666 e. The van der Waals surface area contributed by atoms with E-state index in [4.69, 9.17) is 4.74 Å². The Bertz CT molecular complexity index is 315. The van der Waals surface area contributed by atoms with Crippen molar-refractivity contribution in [2.24, 2.45) is 5.92 Å². The number of thioether (sulfide) groups is 1. The van der Waals surface area contributed by atoms with Gasteiger partial charge in [-0.05, 0) is 30.4 Å². The second-order valence-corrected chi connectivity index (χ2v) is 5.06. The number of rotatable bonds is 6. The summed E-state index contributed by atoms with van der Waals surface area (Å²) in [6.45, 7) is 5.14. The average Bonchev–Trinajstić information content (AvgIpc) is 2.28. The summed E-state index contributed by atoms with van der Waals surface area (Å²) in [5, 5.41) is 3.52. The van der Waals surface area contributed by atoms with E-state index in [2.05, 4.69) is 49.7 Å². The van der Waals surface area contributed by atoms with E-state index in [1.54, 1.807) is 18.9 Å². The predicted octanol–water partition coefficient (Wildman–Crippen LogP) is 3.49. The molecule has 16 heavy (non-hydrogen) atoms. The van der Waals surface area contributed by atoms with E-state index >= 15 is 0 Å². The lowest BCUT2D eigenvalue weighted by Crippen LogP contribution is -2.30. The van der Waals surface area contributed by atoms with Crippen LogP contribution < -0.4 is 5.32 Å². The monoisotopic (exact) mass is 239 g/mol. The van der Waals surface area contributed by atoms with Crippen molar-refractivity contribution in [3.8, 4) is 0 Å². The van der Waals surface area contributed by atoms with Crippen LogP contribution in [0.25, 0.3) is 0 Å². The second kappa shape index (κ2) is 6.81. The van der Waals surface area contributed by atoms with Gasteiger partial charge in [0.05, 0.1) is 12.6 Å². The molecule has 0 fully saturated rings. The first-order valence-corrected chi connectivity index (χ1v) is 6.79. The highest BCUT2D eigenvalue weighted by atomic mass is 32.2. The minimum atomic E-state index is 0.363. The van der Waals surface area contributed by atoms with E-state index in [0.717, 1.165) is 6.61 Å². The van der Waals surface area contributed by atoms with Crippen LogP contribution in [0.5, 0.6) is 0 Å². The molecule has 90 valence electrons. The fourth-order valence-corrected chi connectivity index (χ4v) is 1.97. The van der Waals surface area contributed by atoms with Gasteiger partial charge in [-0.15, -0.1) is 11.8 Å². The van der Waals surface area contributed by atoms with E-state index < -0.39 is 0 Å². The van der Waals surface area contributed by atoms with Crippen LogP contribution in [-0.4, -0.2) is 26.0 Å². The van der Waals surface area contributed by atoms with Crippen LogP contribution in [-0.2, 0) is 4.74 Å². The largest absolute Gasteiger partial charge is 0.383 e. The summed E-state index contributed by atoms with van der Waals surface area (Å²) >= 11 is 1.76. The molecular formula is C13H21NOS. The van der Waals surface area contributed by atoms with Crippen molar-refractivity contribution in [1.82, 2.24) is 0 Å². The Morgan fingerprint density at radius 3 is 2.69 bits per heavy atom. The standard InChI is InChI=1S/C13H21NOS/c1-10(2)13(9-15-3)14-11-6-5-7-12(8-11)16-4/h5-8,10,13-14H,9H2,1-4H3. The maximum atomic E-state index is 5.23. The third kappa shape index (κ3) is 4.06. The molecule has 1 rings (SSSR count). The molecule has 0 aliphatic heterocycles. The van der Waals surface area contributed by atoms with Gasteiger partial charge in [-0.2, -0.15) is 0 Å². The molecule has 0 radical (unpaired) electrons. The van der Waals surface area contributed by atoms with Gasteiger partial charge in [0.1, 0.15) is 0 Å².